The predicted octanol–water partition coefficient (Wildman–Crippen LogP) is -1.14. The first-order valence-corrected chi connectivity index (χ1v) is 2.77. The summed E-state index contributed by atoms with van der Waals surface area (Å²) < 4.78 is 0. The summed E-state index contributed by atoms with van der Waals surface area (Å²) in [6.07, 6.45) is 0. The Labute approximate surface area is 84.2 Å². The summed E-state index contributed by atoms with van der Waals surface area (Å²) in [5, 5.41) is 0. The monoisotopic (exact) mass is 184 g/mol. The van der Waals surface area contributed by atoms with Crippen molar-refractivity contribution in [2.24, 2.45) is 0 Å². The molecule has 4 heteroatoms. The summed E-state index contributed by atoms with van der Waals surface area (Å²) in [7, 11) is 0. The molecule has 18 valence electrons. The fourth-order valence-corrected chi connectivity index (χ4v) is 0. The van der Waals surface area contributed by atoms with Crippen molar-refractivity contribution in [1.29, 1.82) is 0 Å². The van der Waals surface area contributed by atoms with Crippen LogP contribution in [0.15, 0.2) is 0 Å². The molecule has 0 spiro atoms. The van der Waals surface area contributed by atoms with Gasteiger partial charge in [-0.3, -0.25) is 0 Å². The molecule has 0 N–H and O–H groups in total. The van der Waals surface area contributed by atoms with Crippen LogP contribution in [0.1, 0.15) is 0 Å². The number of hydrogen-bond acceptors (Lipinski definition) is 0. The summed E-state index contributed by atoms with van der Waals surface area (Å²) in [5.41, 5.74) is 0. The van der Waals surface area contributed by atoms with E-state index >= 15 is 0 Å². The van der Waals surface area contributed by atoms with Crippen LogP contribution in [0.4, 0.5) is 0 Å². The molecule has 0 saturated heterocycles. The maximum atomic E-state index is 3.75. The van der Waals surface area contributed by atoms with Crippen LogP contribution in [0.25, 0.3) is 0 Å². The van der Waals surface area contributed by atoms with Gasteiger partial charge in [-0.1, -0.05) is 0 Å². The Hall–Kier alpha value is 3.01. The van der Waals surface area contributed by atoms with Crippen LogP contribution in [0.5, 0.6) is 0 Å². The summed E-state index contributed by atoms with van der Waals surface area (Å²) in [6, 6.07) is 0. The Morgan fingerprint density at radius 1 is 1.00 bits per heavy atom. The van der Waals surface area contributed by atoms with Crippen LogP contribution in [-0.2, 0) is 13.1 Å². The first-order chi connectivity index (χ1) is 1.00. The van der Waals surface area contributed by atoms with Gasteiger partial charge in [0.25, 0.3) is 0 Å². The summed E-state index contributed by atoms with van der Waals surface area (Å²) in [5.74, 6) is 0. The zero-order valence-electron chi connectivity index (χ0n) is 2.72. The quantitative estimate of drug-likeness (QED) is 0.417. The Bertz CT molecular complexity index is 6.00. The Balaban J connectivity index is -0.00000000500. The van der Waals surface area contributed by atoms with Crippen molar-refractivity contribution in [3.8, 4) is 0 Å². The molecular formula is Na2NiSe. The van der Waals surface area contributed by atoms with Crippen molar-refractivity contribution in [2.45, 2.75) is 0 Å². The SMILES string of the molecule is [Na].[Na].[Ni]=[Se]. The molecule has 2 radical (unpaired) electrons. The van der Waals surface area contributed by atoms with Crippen molar-refractivity contribution in [3.63, 3.8) is 0 Å². The normalized spacial score (nSPS) is 1.50. The molecule has 0 amide bonds. The van der Waals surface area contributed by atoms with E-state index < -0.39 is 0 Å². The average molecular weight is 184 g/mol. The first-order valence-electron chi connectivity index (χ1n) is 0.129. The zero-order valence-corrected chi connectivity index (χ0v) is 9.43. The van der Waals surface area contributed by atoms with E-state index in [0.717, 1.165) is 0 Å². The Kier molecular flexibility index (Phi) is 65.5. The maximum absolute atomic E-state index is 3.75. The van der Waals surface area contributed by atoms with E-state index in [4.69, 9.17) is 0 Å². The molecule has 0 aromatic heterocycles. The molecule has 0 bridgehead atoms. The predicted molar refractivity (Wildman–Crippen MR) is 17.3 cm³/mol. The Morgan fingerprint density at radius 3 is 1.00 bits per heavy atom. The van der Waals surface area contributed by atoms with Gasteiger partial charge in [0, 0.05) is 59.1 Å². The molecular weight excluding hydrogens is 184 g/mol. The molecule has 0 nitrogen and oxygen atoms in total. The van der Waals surface area contributed by atoms with E-state index in [-0.39, 0.29) is 59.1 Å². The van der Waals surface area contributed by atoms with Gasteiger partial charge in [-0.15, -0.1) is 0 Å². The third kappa shape index (κ3) is 8.89. The number of hydrogen-bond donors (Lipinski definition) is 0. The summed E-state index contributed by atoms with van der Waals surface area (Å²) in [6.45, 7) is 0. The van der Waals surface area contributed by atoms with Crippen LogP contribution in [-0.4, -0.2) is 72.9 Å². The van der Waals surface area contributed by atoms with Crippen molar-refractivity contribution in [1.82, 2.24) is 0 Å². The second-order valence-electron chi connectivity index (χ2n) is 0. The van der Waals surface area contributed by atoms with Gasteiger partial charge in [0.2, 0.25) is 0 Å². The zero-order chi connectivity index (χ0) is 2.00. The molecule has 0 aliphatic heterocycles. The summed E-state index contributed by atoms with van der Waals surface area (Å²) in [4.78, 5) is 0. The third-order valence-corrected chi connectivity index (χ3v) is 0. The molecule has 0 fully saturated rings. The number of rotatable bonds is 0. The molecule has 0 unspecified atom stereocenters. The van der Waals surface area contributed by atoms with Gasteiger partial charge < -0.3 is 0 Å². The molecule has 0 saturated carbocycles. The molecule has 0 atom stereocenters. The molecule has 0 aromatic rings. The van der Waals surface area contributed by atoms with Crippen LogP contribution < -0.4 is 0 Å². The first kappa shape index (κ1) is 15.7. The fraction of sp³-hybridized carbons (Fsp3) is 0. The van der Waals surface area contributed by atoms with Gasteiger partial charge in [0.05, 0.1) is 0 Å². The topological polar surface area (TPSA) is 0 Å². The van der Waals surface area contributed by atoms with Gasteiger partial charge >= 0.3 is 26.9 Å². The second kappa shape index (κ2) is 16.6. The molecule has 0 aliphatic carbocycles. The van der Waals surface area contributed by atoms with Gasteiger partial charge in [0.1, 0.15) is 0 Å². The van der Waals surface area contributed by atoms with Crippen LogP contribution in [0, 0.1) is 0 Å². The van der Waals surface area contributed by atoms with Crippen molar-refractivity contribution < 1.29 is 13.1 Å². The third-order valence-electron chi connectivity index (χ3n) is 0. The molecule has 0 aromatic carbocycles. The van der Waals surface area contributed by atoms with Gasteiger partial charge in [-0.05, 0) is 0 Å². The van der Waals surface area contributed by atoms with E-state index in [9.17, 15) is 0 Å². The fourth-order valence-electron chi connectivity index (χ4n) is 0. The minimum absolute atomic E-state index is 0. The van der Waals surface area contributed by atoms with E-state index in [2.05, 4.69) is 26.9 Å². The average Bonchev–Trinajstić information content (AvgIpc) is 1.00. The molecule has 4 heavy (non-hydrogen) atoms. The van der Waals surface area contributed by atoms with Gasteiger partial charge in [-0.2, -0.15) is 0 Å². The summed E-state index contributed by atoms with van der Waals surface area (Å²) >= 11 is 6.00. The van der Waals surface area contributed by atoms with Crippen molar-refractivity contribution >= 4 is 72.9 Å². The van der Waals surface area contributed by atoms with E-state index in [1.54, 1.807) is 0 Å². The van der Waals surface area contributed by atoms with Crippen LogP contribution >= 0.6 is 0 Å². The van der Waals surface area contributed by atoms with E-state index in [0.29, 0.717) is 0 Å². The van der Waals surface area contributed by atoms with Crippen molar-refractivity contribution in [3.05, 3.63) is 0 Å². The van der Waals surface area contributed by atoms with Gasteiger partial charge in [-0.25, -0.2) is 0 Å². The van der Waals surface area contributed by atoms with Crippen LogP contribution in [0.3, 0.4) is 0 Å². The Morgan fingerprint density at radius 2 is 1.00 bits per heavy atom. The van der Waals surface area contributed by atoms with Crippen LogP contribution in [0.2, 0.25) is 0 Å². The van der Waals surface area contributed by atoms with E-state index in [1.165, 1.54) is 0 Å². The molecule has 0 rings (SSSR count). The second-order valence-corrected chi connectivity index (χ2v) is 0. The van der Waals surface area contributed by atoms with E-state index in [1.807, 2.05) is 0 Å². The standard InChI is InChI=1S/2Na.Ni.Se. The molecule has 0 aliphatic rings. The van der Waals surface area contributed by atoms with Gasteiger partial charge in [0.15, 0.2) is 0 Å². The van der Waals surface area contributed by atoms with Crippen molar-refractivity contribution in [2.75, 3.05) is 0 Å². The minimum atomic E-state index is 0. The molecule has 0 heterocycles.